The average molecular weight is 231 g/mol. The molecule has 0 amide bonds. The molecule has 0 bridgehead atoms. The molecule has 1 aliphatic heterocycles. The van der Waals surface area contributed by atoms with Crippen LogP contribution in [0.2, 0.25) is 0 Å². The second-order valence-corrected chi connectivity index (χ2v) is 4.16. The maximum absolute atomic E-state index is 12.4. The lowest BCUT2D eigenvalue weighted by atomic mass is 9.85. The molecule has 88 valence electrons. The van der Waals surface area contributed by atoms with E-state index in [-0.39, 0.29) is 0 Å². The van der Waals surface area contributed by atoms with Gasteiger partial charge in [-0.05, 0) is 30.2 Å². The summed E-state index contributed by atoms with van der Waals surface area (Å²) in [5.74, 6) is 0. The molecule has 0 saturated carbocycles. The topological polar surface area (TPSA) is 32.3 Å². The van der Waals surface area contributed by atoms with E-state index < -0.39 is 17.3 Å². The summed E-state index contributed by atoms with van der Waals surface area (Å²) in [6, 6.07) is 3.45. The molecule has 2 nitrogen and oxygen atoms in total. The number of hydrogen-bond donors (Lipinski definition) is 2. The predicted molar refractivity (Wildman–Crippen MR) is 52.9 cm³/mol. The highest BCUT2D eigenvalue weighted by Crippen LogP contribution is 2.34. The molecule has 0 radical (unpaired) electrons. The van der Waals surface area contributed by atoms with Gasteiger partial charge in [0.1, 0.15) is 5.60 Å². The number of benzene rings is 1. The van der Waals surface area contributed by atoms with Gasteiger partial charge < -0.3 is 10.4 Å². The molecule has 0 atom stereocenters. The van der Waals surface area contributed by atoms with Crippen molar-refractivity contribution in [1.29, 1.82) is 0 Å². The summed E-state index contributed by atoms with van der Waals surface area (Å²) < 4.78 is 37.3. The first kappa shape index (κ1) is 11.4. The normalized spacial score (nSPS) is 19.3. The molecule has 0 unspecified atom stereocenters. The van der Waals surface area contributed by atoms with Crippen LogP contribution < -0.4 is 5.32 Å². The van der Waals surface area contributed by atoms with Gasteiger partial charge in [0.2, 0.25) is 0 Å². The Hall–Kier alpha value is -1.07. The molecule has 1 fully saturated rings. The van der Waals surface area contributed by atoms with Crippen molar-refractivity contribution in [2.45, 2.75) is 18.7 Å². The highest BCUT2D eigenvalue weighted by atomic mass is 19.4. The van der Waals surface area contributed by atoms with Gasteiger partial charge in [0.15, 0.2) is 0 Å². The van der Waals surface area contributed by atoms with Gasteiger partial charge in [-0.25, -0.2) is 0 Å². The van der Waals surface area contributed by atoms with Crippen LogP contribution in [-0.2, 0) is 11.8 Å². The number of β-amino-alcohol motifs (C(OH)–C–C–N with tert-alkyl or cyclic N) is 1. The van der Waals surface area contributed by atoms with Crippen LogP contribution in [0.15, 0.2) is 18.2 Å². The van der Waals surface area contributed by atoms with Crippen LogP contribution >= 0.6 is 0 Å². The smallest absolute Gasteiger partial charge is 0.382 e. The molecule has 0 aliphatic carbocycles. The number of hydrogen-bond acceptors (Lipinski definition) is 2. The van der Waals surface area contributed by atoms with Crippen molar-refractivity contribution in [2.75, 3.05) is 13.1 Å². The molecular formula is C11H12F3NO. The molecule has 1 aliphatic rings. The average Bonchev–Trinajstić information content (AvgIpc) is 2.12. The number of aryl methyl sites for hydroxylation is 1. The summed E-state index contributed by atoms with van der Waals surface area (Å²) in [5.41, 5.74) is -0.642. The zero-order chi connectivity index (χ0) is 12.0. The summed E-state index contributed by atoms with van der Waals surface area (Å²) >= 11 is 0. The maximum Gasteiger partial charge on any atom is 0.416 e. The van der Waals surface area contributed by atoms with E-state index in [4.69, 9.17) is 0 Å². The maximum atomic E-state index is 12.4. The third-order valence-electron chi connectivity index (χ3n) is 2.89. The number of nitrogens with one attached hydrogen (secondary N) is 1. The monoisotopic (exact) mass is 231 g/mol. The number of alkyl halides is 3. The molecule has 2 N–H and O–H groups in total. The van der Waals surface area contributed by atoms with E-state index in [2.05, 4.69) is 5.32 Å². The summed E-state index contributed by atoms with van der Waals surface area (Å²) in [5, 5.41) is 12.9. The highest BCUT2D eigenvalue weighted by molar-refractivity contribution is 5.38. The van der Waals surface area contributed by atoms with E-state index in [0.717, 1.165) is 12.1 Å². The molecule has 5 heteroatoms. The van der Waals surface area contributed by atoms with E-state index >= 15 is 0 Å². The van der Waals surface area contributed by atoms with Gasteiger partial charge in [-0.15, -0.1) is 0 Å². The molecule has 1 aromatic carbocycles. The summed E-state index contributed by atoms with van der Waals surface area (Å²) in [7, 11) is 0. The second-order valence-electron chi connectivity index (χ2n) is 4.16. The van der Waals surface area contributed by atoms with Gasteiger partial charge in [0, 0.05) is 13.1 Å². The second kappa shape index (κ2) is 3.46. The fourth-order valence-corrected chi connectivity index (χ4v) is 1.91. The summed E-state index contributed by atoms with van der Waals surface area (Å²) in [4.78, 5) is 0. The zero-order valence-electron chi connectivity index (χ0n) is 8.73. The molecule has 0 spiro atoms. The van der Waals surface area contributed by atoms with Gasteiger partial charge >= 0.3 is 6.18 Å². The van der Waals surface area contributed by atoms with Gasteiger partial charge in [0.05, 0.1) is 5.56 Å². The first-order chi connectivity index (χ1) is 7.33. The van der Waals surface area contributed by atoms with Crippen LogP contribution in [0.3, 0.4) is 0 Å². The number of halogens is 3. The highest BCUT2D eigenvalue weighted by Gasteiger charge is 2.38. The molecule has 2 rings (SSSR count). The van der Waals surface area contributed by atoms with Crippen LogP contribution in [0.1, 0.15) is 16.7 Å². The molecule has 1 aromatic rings. The number of rotatable bonds is 1. The van der Waals surface area contributed by atoms with Crippen molar-refractivity contribution in [3.63, 3.8) is 0 Å². The van der Waals surface area contributed by atoms with Crippen molar-refractivity contribution in [1.82, 2.24) is 5.32 Å². The fourth-order valence-electron chi connectivity index (χ4n) is 1.91. The minimum atomic E-state index is -4.33. The Balaban J connectivity index is 2.37. The minimum Gasteiger partial charge on any atom is -0.382 e. The molecule has 1 saturated heterocycles. The van der Waals surface area contributed by atoms with Crippen molar-refractivity contribution in [3.05, 3.63) is 34.9 Å². The van der Waals surface area contributed by atoms with Crippen LogP contribution in [0.25, 0.3) is 0 Å². The fraction of sp³-hybridized carbons (Fsp3) is 0.455. The Labute approximate surface area is 91.1 Å². The third kappa shape index (κ3) is 1.81. The van der Waals surface area contributed by atoms with E-state index in [1.54, 1.807) is 6.92 Å². The van der Waals surface area contributed by atoms with Crippen LogP contribution in [0.4, 0.5) is 13.2 Å². The SMILES string of the molecule is Cc1cc(C(F)(F)F)ccc1C1(O)CNC1. The zero-order valence-corrected chi connectivity index (χ0v) is 8.73. The Kier molecular flexibility index (Phi) is 2.47. The standard InChI is InChI=1S/C11H12F3NO/c1-7-4-8(11(12,13)14)2-3-9(7)10(16)5-15-6-10/h2-4,15-16H,5-6H2,1H3. The molecule has 1 heterocycles. The van der Waals surface area contributed by atoms with Crippen molar-refractivity contribution >= 4 is 0 Å². The van der Waals surface area contributed by atoms with Crippen molar-refractivity contribution < 1.29 is 18.3 Å². The van der Waals surface area contributed by atoms with Crippen LogP contribution in [-0.4, -0.2) is 18.2 Å². The van der Waals surface area contributed by atoms with Gasteiger partial charge in [-0.1, -0.05) is 6.07 Å². The number of aliphatic hydroxyl groups is 1. The minimum absolute atomic E-state index is 0.388. The Morgan fingerprint density at radius 1 is 1.31 bits per heavy atom. The Bertz CT molecular complexity index is 410. The lowest BCUT2D eigenvalue weighted by molar-refractivity contribution is -0.137. The summed E-state index contributed by atoms with van der Waals surface area (Å²) in [6.07, 6.45) is -4.33. The van der Waals surface area contributed by atoms with E-state index in [1.165, 1.54) is 6.07 Å². The van der Waals surface area contributed by atoms with Crippen molar-refractivity contribution in [2.24, 2.45) is 0 Å². The van der Waals surface area contributed by atoms with E-state index in [0.29, 0.717) is 24.2 Å². The lowest BCUT2D eigenvalue weighted by Crippen LogP contribution is -2.57. The largest absolute Gasteiger partial charge is 0.416 e. The third-order valence-corrected chi connectivity index (χ3v) is 2.89. The predicted octanol–water partition coefficient (Wildman–Crippen LogP) is 1.80. The molecule has 16 heavy (non-hydrogen) atoms. The lowest BCUT2D eigenvalue weighted by Gasteiger charge is -2.39. The van der Waals surface area contributed by atoms with E-state index in [9.17, 15) is 18.3 Å². The summed E-state index contributed by atoms with van der Waals surface area (Å²) in [6.45, 7) is 2.36. The Morgan fingerprint density at radius 2 is 1.94 bits per heavy atom. The van der Waals surface area contributed by atoms with Crippen molar-refractivity contribution in [3.8, 4) is 0 Å². The molecule has 0 aromatic heterocycles. The quantitative estimate of drug-likeness (QED) is 0.772. The van der Waals surface area contributed by atoms with Crippen LogP contribution in [0, 0.1) is 6.92 Å². The van der Waals surface area contributed by atoms with E-state index in [1.807, 2.05) is 0 Å². The Morgan fingerprint density at radius 3 is 2.31 bits per heavy atom. The van der Waals surface area contributed by atoms with Gasteiger partial charge in [-0.3, -0.25) is 0 Å². The van der Waals surface area contributed by atoms with Gasteiger partial charge in [0.25, 0.3) is 0 Å². The molecular weight excluding hydrogens is 219 g/mol. The first-order valence-electron chi connectivity index (χ1n) is 4.94. The van der Waals surface area contributed by atoms with Gasteiger partial charge in [-0.2, -0.15) is 13.2 Å². The van der Waals surface area contributed by atoms with Crippen LogP contribution in [0.5, 0.6) is 0 Å². The first-order valence-corrected chi connectivity index (χ1v) is 4.94.